The van der Waals surface area contributed by atoms with E-state index in [1.165, 1.54) is 9.75 Å². The van der Waals surface area contributed by atoms with Crippen LogP contribution in [0.3, 0.4) is 0 Å². The van der Waals surface area contributed by atoms with Crippen molar-refractivity contribution in [3.63, 3.8) is 0 Å². The molecule has 0 saturated carbocycles. The predicted molar refractivity (Wildman–Crippen MR) is 76.4 cm³/mol. The van der Waals surface area contributed by atoms with Crippen molar-refractivity contribution in [3.05, 3.63) is 34.0 Å². The van der Waals surface area contributed by atoms with Gasteiger partial charge in [0, 0.05) is 23.4 Å². The summed E-state index contributed by atoms with van der Waals surface area (Å²) >= 11 is 1.84. The third kappa shape index (κ3) is 4.41. The molecule has 1 N–H and O–H groups in total. The number of thiophene rings is 1. The fourth-order valence-corrected chi connectivity index (χ4v) is 2.67. The van der Waals surface area contributed by atoms with Crippen molar-refractivity contribution < 1.29 is 4.74 Å². The van der Waals surface area contributed by atoms with E-state index in [0.29, 0.717) is 13.2 Å². The lowest BCUT2D eigenvalue weighted by atomic mass is 10.4. The van der Waals surface area contributed by atoms with Crippen molar-refractivity contribution in [2.75, 3.05) is 20.3 Å². The Morgan fingerprint density at radius 3 is 2.95 bits per heavy atom. The largest absolute Gasteiger partial charge is 0.383 e. The minimum atomic E-state index is 0.682. The first-order valence-corrected chi connectivity index (χ1v) is 7.29. The minimum absolute atomic E-state index is 0.682. The second kappa shape index (κ2) is 7.37. The van der Waals surface area contributed by atoms with Crippen molar-refractivity contribution in [2.24, 2.45) is 0 Å². The predicted octanol–water partition coefficient (Wildman–Crippen LogP) is 1.69. The quantitative estimate of drug-likeness (QED) is 0.748. The topological polar surface area (TPSA) is 52.0 Å². The van der Waals surface area contributed by atoms with Crippen molar-refractivity contribution in [2.45, 2.75) is 26.4 Å². The number of nitrogens with zero attached hydrogens (tertiary/aromatic N) is 3. The highest BCUT2D eigenvalue weighted by molar-refractivity contribution is 7.11. The Morgan fingerprint density at radius 2 is 2.21 bits per heavy atom. The molecule has 0 radical (unpaired) electrons. The van der Waals surface area contributed by atoms with E-state index in [1.807, 2.05) is 16.0 Å². The number of nitrogens with one attached hydrogen (secondary N) is 1. The van der Waals surface area contributed by atoms with Gasteiger partial charge in [-0.15, -0.1) is 11.3 Å². The Morgan fingerprint density at radius 1 is 1.37 bits per heavy atom. The van der Waals surface area contributed by atoms with E-state index in [1.54, 1.807) is 13.4 Å². The zero-order chi connectivity index (χ0) is 13.5. The Balaban J connectivity index is 1.83. The molecule has 0 atom stereocenters. The monoisotopic (exact) mass is 280 g/mol. The summed E-state index contributed by atoms with van der Waals surface area (Å²) in [5.41, 5.74) is 0. The van der Waals surface area contributed by atoms with Crippen LogP contribution in [0.15, 0.2) is 18.5 Å². The van der Waals surface area contributed by atoms with Crippen LogP contribution in [0.25, 0.3) is 0 Å². The first kappa shape index (κ1) is 14.2. The lowest BCUT2D eigenvalue weighted by Gasteiger charge is -2.00. The molecule has 0 aliphatic carbocycles. The van der Waals surface area contributed by atoms with Gasteiger partial charge in [-0.2, -0.15) is 5.10 Å². The average Bonchev–Trinajstić information content (AvgIpc) is 3.05. The van der Waals surface area contributed by atoms with Gasteiger partial charge in [-0.3, -0.25) is 0 Å². The lowest BCUT2D eigenvalue weighted by Crippen LogP contribution is -2.19. The fourth-order valence-electron chi connectivity index (χ4n) is 1.72. The first-order valence-electron chi connectivity index (χ1n) is 6.47. The molecule has 2 aromatic rings. The Kier molecular flexibility index (Phi) is 5.50. The summed E-state index contributed by atoms with van der Waals surface area (Å²) in [6.45, 7) is 5.18. The van der Waals surface area contributed by atoms with E-state index in [4.69, 9.17) is 4.74 Å². The molecular weight excluding hydrogens is 260 g/mol. The van der Waals surface area contributed by atoms with Crippen molar-refractivity contribution >= 4 is 11.3 Å². The summed E-state index contributed by atoms with van der Waals surface area (Å²) in [7, 11) is 1.69. The molecule has 0 fully saturated rings. The summed E-state index contributed by atoms with van der Waals surface area (Å²) in [5.74, 6) is 0.823. The molecule has 6 heteroatoms. The maximum atomic E-state index is 4.97. The third-order valence-corrected chi connectivity index (χ3v) is 3.95. The molecule has 0 aromatic carbocycles. The standard InChI is InChI=1S/C13H20N4OS/c1-3-11-4-5-12(19-11)9-17-10-15-13(16-17)8-14-6-7-18-2/h4-5,10,14H,3,6-9H2,1-2H3. The van der Waals surface area contributed by atoms with Crippen LogP contribution in [0.1, 0.15) is 22.5 Å². The SMILES string of the molecule is CCc1ccc(Cn2cnc(CNCCOC)n2)s1. The van der Waals surface area contributed by atoms with E-state index in [9.17, 15) is 0 Å². The highest BCUT2D eigenvalue weighted by Gasteiger charge is 2.03. The molecule has 2 rings (SSSR count). The molecule has 0 amide bonds. The Labute approximate surface area is 117 Å². The molecule has 0 unspecified atom stereocenters. The molecule has 0 spiro atoms. The summed E-state index contributed by atoms with van der Waals surface area (Å²) in [6.07, 6.45) is 2.88. The van der Waals surface area contributed by atoms with Gasteiger partial charge >= 0.3 is 0 Å². The van der Waals surface area contributed by atoms with Crippen LogP contribution in [0.4, 0.5) is 0 Å². The zero-order valence-electron chi connectivity index (χ0n) is 11.4. The van der Waals surface area contributed by atoms with Gasteiger partial charge in [0.15, 0.2) is 5.82 Å². The maximum absolute atomic E-state index is 4.97. The highest BCUT2D eigenvalue weighted by atomic mass is 32.1. The van der Waals surface area contributed by atoms with Gasteiger partial charge in [0.1, 0.15) is 6.33 Å². The molecule has 5 nitrogen and oxygen atoms in total. The van der Waals surface area contributed by atoms with E-state index in [-0.39, 0.29) is 0 Å². The Hall–Kier alpha value is -1.24. The number of ether oxygens (including phenoxy) is 1. The van der Waals surface area contributed by atoms with Gasteiger partial charge in [0.2, 0.25) is 0 Å². The summed E-state index contributed by atoms with van der Waals surface area (Å²) in [4.78, 5) is 7.02. The van der Waals surface area contributed by atoms with Crippen LogP contribution >= 0.6 is 11.3 Å². The van der Waals surface area contributed by atoms with Crippen molar-refractivity contribution in [3.8, 4) is 0 Å². The van der Waals surface area contributed by atoms with Gasteiger partial charge < -0.3 is 10.1 Å². The van der Waals surface area contributed by atoms with Crippen LogP contribution < -0.4 is 5.32 Å². The van der Waals surface area contributed by atoms with Gasteiger partial charge in [0.25, 0.3) is 0 Å². The number of aryl methyl sites for hydroxylation is 1. The van der Waals surface area contributed by atoms with Crippen molar-refractivity contribution in [1.29, 1.82) is 0 Å². The molecule has 0 saturated heterocycles. The van der Waals surface area contributed by atoms with Crippen LogP contribution in [-0.2, 0) is 24.2 Å². The second-order valence-corrected chi connectivity index (χ2v) is 5.50. The normalized spacial score (nSPS) is 11.1. The number of rotatable bonds is 8. The molecule has 0 bridgehead atoms. The average molecular weight is 280 g/mol. The first-order chi connectivity index (χ1) is 9.31. The van der Waals surface area contributed by atoms with Gasteiger partial charge in [0.05, 0.1) is 19.7 Å². The number of aromatic nitrogens is 3. The smallest absolute Gasteiger partial charge is 0.164 e. The molecule has 19 heavy (non-hydrogen) atoms. The molecule has 104 valence electrons. The van der Waals surface area contributed by atoms with Crippen LogP contribution in [0, 0.1) is 0 Å². The van der Waals surface area contributed by atoms with E-state index in [2.05, 4.69) is 34.5 Å². The van der Waals surface area contributed by atoms with Gasteiger partial charge in [-0.25, -0.2) is 9.67 Å². The minimum Gasteiger partial charge on any atom is -0.383 e. The second-order valence-electron chi connectivity index (χ2n) is 4.25. The number of hydrogen-bond donors (Lipinski definition) is 1. The molecule has 2 heterocycles. The summed E-state index contributed by atoms with van der Waals surface area (Å²) < 4.78 is 6.86. The summed E-state index contributed by atoms with van der Waals surface area (Å²) in [5, 5.41) is 7.68. The zero-order valence-corrected chi connectivity index (χ0v) is 12.2. The van der Waals surface area contributed by atoms with Crippen molar-refractivity contribution in [1.82, 2.24) is 20.1 Å². The van der Waals surface area contributed by atoms with Gasteiger partial charge in [-0.1, -0.05) is 6.92 Å². The van der Waals surface area contributed by atoms with Crippen LogP contribution in [0.2, 0.25) is 0 Å². The number of hydrogen-bond acceptors (Lipinski definition) is 5. The van der Waals surface area contributed by atoms with Crippen LogP contribution in [0.5, 0.6) is 0 Å². The molecule has 2 aromatic heterocycles. The van der Waals surface area contributed by atoms with E-state index < -0.39 is 0 Å². The van der Waals surface area contributed by atoms with Gasteiger partial charge in [-0.05, 0) is 18.6 Å². The van der Waals surface area contributed by atoms with E-state index in [0.717, 1.165) is 25.3 Å². The molecular formula is C13H20N4OS. The van der Waals surface area contributed by atoms with E-state index >= 15 is 0 Å². The Bertz CT molecular complexity index is 494. The molecule has 0 aliphatic heterocycles. The maximum Gasteiger partial charge on any atom is 0.164 e. The number of methoxy groups -OCH3 is 1. The fraction of sp³-hybridized carbons (Fsp3) is 0.538. The highest BCUT2D eigenvalue weighted by Crippen LogP contribution is 2.17. The van der Waals surface area contributed by atoms with Crippen LogP contribution in [-0.4, -0.2) is 35.0 Å². The summed E-state index contributed by atoms with van der Waals surface area (Å²) in [6, 6.07) is 4.35. The molecule has 0 aliphatic rings. The third-order valence-electron chi connectivity index (χ3n) is 2.73. The lowest BCUT2D eigenvalue weighted by molar-refractivity contribution is 0.199.